The van der Waals surface area contributed by atoms with E-state index in [1.807, 2.05) is 32.0 Å². The zero-order valence-corrected chi connectivity index (χ0v) is 13.7. The highest BCUT2D eigenvalue weighted by Gasteiger charge is 2.26. The minimum atomic E-state index is -4.00. The highest BCUT2D eigenvalue weighted by molar-refractivity contribution is 7.91. The predicted octanol–water partition coefficient (Wildman–Crippen LogP) is 0.600. The van der Waals surface area contributed by atoms with Gasteiger partial charge in [-0.2, -0.15) is 0 Å². The number of para-hydroxylation sites is 1. The molecule has 9 heteroatoms. The predicted molar refractivity (Wildman–Crippen MR) is 83.7 cm³/mol. The maximum absolute atomic E-state index is 12.1. The molecule has 0 radical (unpaired) electrons. The average molecular weight is 338 g/mol. The Morgan fingerprint density at radius 3 is 2.52 bits per heavy atom. The van der Waals surface area contributed by atoms with E-state index >= 15 is 0 Å². The number of nitrogens with two attached hydrogens (primary N) is 1. The van der Waals surface area contributed by atoms with Gasteiger partial charge < -0.3 is 15.5 Å². The second kappa shape index (κ2) is 6.88. The summed E-state index contributed by atoms with van der Waals surface area (Å²) in [4.78, 5) is 12.0. The quantitative estimate of drug-likeness (QED) is 0.789. The molecule has 8 nitrogen and oxygen atoms in total. The maximum Gasteiger partial charge on any atom is 0.336 e. The fraction of sp³-hybridized carbons (Fsp3) is 0.357. The number of anilines is 1. The first kappa shape index (κ1) is 17.1. The molecule has 3 N–H and O–H groups in total. The summed E-state index contributed by atoms with van der Waals surface area (Å²) in [5.74, 6) is -1.31. The first-order valence-electron chi connectivity index (χ1n) is 6.95. The molecule has 1 aromatic carbocycles. The number of benzene rings is 1. The molecule has 1 amide bonds. The third kappa shape index (κ3) is 4.14. The van der Waals surface area contributed by atoms with Crippen LogP contribution in [0.1, 0.15) is 17.0 Å². The van der Waals surface area contributed by atoms with Crippen LogP contribution in [-0.4, -0.2) is 36.8 Å². The molecular formula is C14H18N4O4S. The zero-order chi connectivity index (χ0) is 17.0. The van der Waals surface area contributed by atoms with Crippen LogP contribution in [0.5, 0.6) is 0 Å². The van der Waals surface area contributed by atoms with E-state index in [2.05, 4.69) is 15.5 Å². The average Bonchev–Trinajstić information content (AvgIpc) is 2.92. The van der Waals surface area contributed by atoms with Crippen LogP contribution in [0.2, 0.25) is 0 Å². The van der Waals surface area contributed by atoms with E-state index in [0.717, 1.165) is 11.1 Å². The van der Waals surface area contributed by atoms with Gasteiger partial charge in [-0.05, 0) is 25.0 Å². The Bertz CT molecular complexity index is 794. The summed E-state index contributed by atoms with van der Waals surface area (Å²) < 4.78 is 29.3. The number of hydrogen-bond donors (Lipinski definition) is 2. The molecule has 0 saturated heterocycles. The van der Waals surface area contributed by atoms with Crippen LogP contribution in [0.3, 0.4) is 0 Å². The van der Waals surface area contributed by atoms with Crippen LogP contribution in [0.4, 0.5) is 5.69 Å². The van der Waals surface area contributed by atoms with Crippen LogP contribution in [0.25, 0.3) is 0 Å². The molecule has 0 saturated carbocycles. The maximum atomic E-state index is 12.1. The number of carbonyl (C=O) groups is 1. The van der Waals surface area contributed by atoms with Gasteiger partial charge in [0.1, 0.15) is 5.75 Å². The summed E-state index contributed by atoms with van der Waals surface area (Å²) in [5, 5.41) is 9.08. The number of nitrogens with one attached hydrogen (secondary N) is 1. The molecule has 0 aliphatic heterocycles. The van der Waals surface area contributed by atoms with Crippen molar-refractivity contribution in [1.29, 1.82) is 0 Å². The molecule has 23 heavy (non-hydrogen) atoms. The Balaban J connectivity index is 2.12. The Hall–Kier alpha value is -2.26. The van der Waals surface area contributed by atoms with Crippen LogP contribution >= 0.6 is 0 Å². The van der Waals surface area contributed by atoms with Crippen molar-refractivity contribution in [3.8, 4) is 0 Å². The molecule has 0 spiro atoms. The monoisotopic (exact) mass is 338 g/mol. The van der Waals surface area contributed by atoms with Crippen LogP contribution in [-0.2, 0) is 21.1 Å². The van der Waals surface area contributed by atoms with E-state index in [1.165, 1.54) is 0 Å². The molecular weight excluding hydrogens is 320 g/mol. The summed E-state index contributed by atoms with van der Waals surface area (Å²) in [6.45, 7) is 3.91. The van der Waals surface area contributed by atoms with E-state index in [-0.39, 0.29) is 18.9 Å². The summed E-state index contributed by atoms with van der Waals surface area (Å²) in [7, 11) is -4.00. The number of hydrogen-bond acceptors (Lipinski definition) is 7. The lowest BCUT2D eigenvalue weighted by Gasteiger charge is -2.10. The Morgan fingerprint density at radius 1 is 1.26 bits per heavy atom. The summed E-state index contributed by atoms with van der Waals surface area (Å²) >= 11 is 0. The molecule has 2 aromatic rings. The van der Waals surface area contributed by atoms with Crippen molar-refractivity contribution in [1.82, 2.24) is 10.2 Å². The Labute approximate surface area is 134 Å². The topological polar surface area (TPSA) is 128 Å². The van der Waals surface area contributed by atoms with E-state index in [0.29, 0.717) is 5.69 Å². The normalized spacial score (nSPS) is 11.4. The van der Waals surface area contributed by atoms with Crippen LogP contribution in [0, 0.1) is 13.8 Å². The van der Waals surface area contributed by atoms with Gasteiger partial charge in [0.15, 0.2) is 0 Å². The van der Waals surface area contributed by atoms with Gasteiger partial charge in [0.25, 0.3) is 0 Å². The minimum Gasteiger partial charge on any atom is -0.412 e. The van der Waals surface area contributed by atoms with Crippen LogP contribution in [0.15, 0.2) is 27.8 Å². The van der Waals surface area contributed by atoms with E-state index in [4.69, 9.17) is 10.2 Å². The summed E-state index contributed by atoms with van der Waals surface area (Å²) in [5.41, 5.74) is 7.62. The molecule has 0 atom stereocenters. The largest absolute Gasteiger partial charge is 0.412 e. The Morgan fingerprint density at radius 2 is 1.91 bits per heavy atom. The zero-order valence-electron chi connectivity index (χ0n) is 12.9. The van der Waals surface area contributed by atoms with Crippen molar-refractivity contribution in [2.24, 2.45) is 5.73 Å². The molecule has 124 valence electrons. The van der Waals surface area contributed by atoms with Crippen molar-refractivity contribution in [2.75, 3.05) is 17.6 Å². The second-order valence-corrected chi connectivity index (χ2v) is 6.94. The standard InChI is InChI=1S/C14H18N4O4S/c1-9-4-3-5-10(2)13(9)16-11(19)8-23(20,21)14-18-17-12(22-14)6-7-15/h3-5H,6-8,15H2,1-2H3,(H,16,19). The number of sulfone groups is 1. The van der Waals surface area contributed by atoms with Crippen molar-refractivity contribution >= 4 is 21.4 Å². The highest BCUT2D eigenvalue weighted by atomic mass is 32.2. The molecule has 0 unspecified atom stereocenters. The fourth-order valence-corrected chi connectivity index (χ4v) is 2.94. The first-order valence-corrected chi connectivity index (χ1v) is 8.60. The number of aryl methyl sites for hydroxylation is 2. The SMILES string of the molecule is Cc1cccc(C)c1NC(=O)CS(=O)(=O)c1nnc(CCN)o1. The molecule has 0 fully saturated rings. The first-order chi connectivity index (χ1) is 10.8. The van der Waals surface area contributed by atoms with E-state index in [9.17, 15) is 13.2 Å². The second-order valence-electron chi connectivity index (χ2n) is 5.07. The van der Waals surface area contributed by atoms with Crippen molar-refractivity contribution in [3.63, 3.8) is 0 Å². The van der Waals surface area contributed by atoms with Crippen molar-refractivity contribution in [3.05, 3.63) is 35.2 Å². The third-order valence-corrected chi connectivity index (χ3v) is 4.48. The van der Waals surface area contributed by atoms with Gasteiger partial charge in [-0.3, -0.25) is 4.79 Å². The third-order valence-electron chi connectivity index (χ3n) is 3.14. The summed E-state index contributed by atoms with van der Waals surface area (Å²) in [6.07, 6.45) is 0.275. The van der Waals surface area contributed by atoms with Gasteiger partial charge in [-0.15, -0.1) is 5.10 Å². The van der Waals surface area contributed by atoms with E-state index in [1.54, 1.807) is 0 Å². The van der Waals surface area contributed by atoms with Crippen LogP contribution < -0.4 is 11.1 Å². The van der Waals surface area contributed by atoms with Crippen molar-refractivity contribution < 1.29 is 17.6 Å². The van der Waals surface area contributed by atoms with Gasteiger partial charge in [0, 0.05) is 18.7 Å². The molecule has 0 aliphatic rings. The van der Waals surface area contributed by atoms with Gasteiger partial charge in [0.05, 0.1) is 0 Å². The smallest absolute Gasteiger partial charge is 0.336 e. The van der Waals surface area contributed by atoms with Gasteiger partial charge in [-0.1, -0.05) is 23.3 Å². The van der Waals surface area contributed by atoms with Gasteiger partial charge >= 0.3 is 5.22 Å². The summed E-state index contributed by atoms with van der Waals surface area (Å²) in [6, 6.07) is 5.51. The number of amides is 1. The number of aromatic nitrogens is 2. The Kier molecular flexibility index (Phi) is 5.12. The van der Waals surface area contributed by atoms with Crippen molar-refractivity contribution in [2.45, 2.75) is 25.5 Å². The lowest BCUT2D eigenvalue weighted by Crippen LogP contribution is -2.24. The van der Waals surface area contributed by atoms with E-state index < -0.39 is 26.7 Å². The lowest BCUT2D eigenvalue weighted by molar-refractivity contribution is -0.113. The molecule has 1 heterocycles. The highest BCUT2D eigenvalue weighted by Crippen LogP contribution is 2.19. The molecule has 2 rings (SSSR count). The number of carbonyl (C=O) groups excluding carboxylic acids is 1. The lowest BCUT2D eigenvalue weighted by atomic mass is 10.1. The minimum absolute atomic E-state index is 0.126. The number of nitrogens with zero attached hydrogens (tertiary/aromatic N) is 2. The molecule has 1 aromatic heterocycles. The molecule has 0 aliphatic carbocycles. The van der Waals surface area contributed by atoms with Gasteiger partial charge in [0.2, 0.25) is 21.6 Å². The van der Waals surface area contributed by atoms with Gasteiger partial charge in [-0.25, -0.2) is 8.42 Å². The fourth-order valence-electron chi connectivity index (χ4n) is 2.01. The molecule has 0 bridgehead atoms. The number of rotatable bonds is 6.